The fourth-order valence-electron chi connectivity index (χ4n) is 1.83. The molecule has 1 unspecified atom stereocenters. The molecule has 0 saturated carbocycles. The smallest absolute Gasteiger partial charge is 0.179 e. The zero-order valence-electron chi connectivity index (χ0n) is 9.49. The molecule has 1 atom stereocenters. The summed E-state index contributed by atoms with van der Waals surface area (Å²) in [4.78, 5) is 12.1. The van der Waals surface area contributed by atoms with E-state index in [-0.39, 0.29) is 11.8 Å². The van der Waals surface area contributed by atoms with Crippen LogP contribution in [0.15, 0.2) is 29.6 Å². The molecule has 1 heterocycles. The van der Waals surface area contributed by atoms with Gasteiger partial charge in [-0.05, 0) is 36.4 Å². The van der Waals surface area contributed by atoms with Crippen LogP contribution in [0, 0.1) is 0 Å². The SMILES string of the molecule is CCC(NC)C(=O)c1ccc2ccsc2c1. The van der Waals surface area contributed by atoms with Gasteiger partial charge in [-0.1, -0.05) is 19.1 Å². The number of fused-ring (bicyclic) bond motifs is 1. The summed E-state index contributed by atoms with van der Waals surface area (Å²) in [5.74, 6) is 0.181. The maximum absolute atomic E-state index is 12.1. The molecule has 0 saturated heterocycles. The van der Waals surface area contributed by atoms with Crippen LogP contribution in [0.2, 0.25) is 0 Å². The Morgan fingerprint density at radius 3 is 2.94 bits per heavy atom. The summed E-state index contributed by atoms with van der Waals surface area (Å²) in [5, 5.41) is 6.30. The lowest BCUT2D eigenvalue weighted by atomic mass is 10.0. The number of hydrogen-bond donors (Lipinski definition) is 1. The first-order chi connectivity index (χ1) is 7.76. The van der Waals surface area contributed by atoms with Gasteiger partial charge < -0.3 is 5.32 Å². The van der Waals surface area contributed by atoms with Gasteiger partial charge in [-0.2, -0.15) is 0 Å². The third kappa shape index (κ3) is 2.01. The molecule has 0 amide bonds. The highest BCUT2D eigenvalue weighted by atomic mass is 32.1. The van der Waals surface area contributed by atoms with Crippen molar-refractivity contribution in [3.8, 4) is 0 Å². The largest absolute Gasteiger partial charge is 0.310 e. The van der Waals surface area contributed by atoms with Crippen molar-refractivity contribution in [2.24, 2.45) is 0 Å². The minimum atomic E-state index is -0.0718. The van der Waals surface area contributed by atoms with Gasteiger partial charge in [0.25, 0.3) is 0 Å². The van der Waals surface area contributed by atoms with Crippen LogP contribution in [0.25, 0.3) is 10.1 Å². The van der Waals surface area contributed by atoms with Crippen LogP contribution in [0.5, 0.6) is 0 Å². The van der Waals surface area contributed by atoms with Gasteiger partial charge in [-0.15, -0.1) is 11.3 Å². The number of carbonyl (C=O) groups excluding carboxylic acids is 1. The molecular formula is C13H15NOS. The van der Waals surface area contributed by atoms with E-state index in [2.05, 4.69) is 11.4 Å². The zero-order chi connectivity index (χ0) is 11.5. The van der Waals surface area contributed by atoms with E-state index in [1.54, 1.807) is 11.3 Å². The number of ketones is 1. The molecule has 3 heteroatoms. The van der Waals surface area contributed by atoms with Crippen LogP contribution >= 0.6 is 11.3 Å². The lowest BCUT2D eigenvalue weighted by Crippen LogP contribution is -2.33. The number of carbonyl (C=O) groups is 1. The number of Topliss-reactive ketones (excluding diaryl/α,β-unsaturated/α-hetero) is 1. The van der Waals surface area contributed by atoms with Gasteiger partial charge >= 0.3 is 0 Å². The molecule has 1 N–H and O–H groups in total. The van der Waals surface area contributed by atoms with Crippen LogP contribution in [0.3, 0.4) is 0 Å². The predicted molar refractivity (Wildman–Crippen MR) is 69.3 cm³/mol. The fraction of sp³-hybridized carbons (Fsp3) is 0.308. The van der Waals surface area contributed by atoms with Crippen LogP contribution in [0.1, 0.15) is 23.7 Å². The number of benzene rings is 1. The fourth-order valence-corrected chi connectivity index (χ4v) is 2.66. The molecular weight excluding hydrogens is 218 g/mol. The van der Waals surface area contributed by atoms with Gasteiger partial charge in [0.05, 0.1) is 6.04 Å². The summed E-state index contributed by atoms with van der Waals surface area (Å²) in [5.41, 5.74) is 0.802. The van der Waals surface area contributed by atoms with Crippen molar-refractivity contribution in [3.63, 3.8) is 0 Å². The second-order valence-corrected chi connectivity index (χ2v) is 4.73. The van der Waals surface area contributed by atoms with Crippen LogP contribution in [-0.4, -0.2) is 18.9 Å². The first-order valence-corrected chi connectivity index (χ1v) is 6.33. The van der Waals surface area contributed by atoms with E-state index in [4.69, 9.17) is 0 Å². The van der Waals surface area contributed by atoms with Crippen LogP contribution in [-0.2, 0) is 0 Å². The third-order valence-corrected chi connectivity index (χ3v) is 3.69. The molecule has 0 bridgehead atoms. The Bertz CT molecular complexity index is 499. The van der Waals surface area contributed by atoms with E-state index in [0.29, 0.717) is 0 Å². The number of rotatable bonds is 4. The van der Waals surface area contributed by atoms with Crippen LogP contribution < -0.4 is 5.32 Å². The maximum Gasteiger partial charge on any atom is 0.179 e. The highest BCUT2D eigenvalue weighted by molar-refractivity contribution is 7.17. The average molecular weight is 233 g/mol. The van der Waals surface area contributed by atoms with Gasteiger partial charge in [0.2, 0.25) is 0 Å². The Balaban J connectivity index is 2.35. The first kappa shape index (κ1) is 11.3. The van der Waals surface area contributed by atoms with E-state index in [9.17, 15) is 4.79 Å². The normalized spacial score (nSPS) is 12.9. The van der Waals surface area contributed by atoms with E-state index in [1.807, 2.05) is 37.6 Å². The Labute approximate surface area is 99.3 Å². The van der Waals surface area contributed by atoms with Crippen LogP contribution in [0.4, 0.5) is 0 Å². The Morgan fingerprint density at radius 2 is 2.25 bits per heavy atom. The second-order valence-electron chi connectivity index (χ2n) is 3.79. The topological polar surface area (TPSA) is 29.1 Å². The molecule has 0 aliphatic heterocycles. The molecule has 2 nitrogen and oxygen atoms in total. The van der Waals surface area contributed by atoms with Crippen molar-refractivity contribution in [1.29, 1.82) is 0 Å². The predicted octanol–water partition coefficient (Wildman–Crippen LogP) is 3.08. The molecule has 1 aromatic heterocycles. The molecule has 16 heavy (non-hydrogen) atoms. The van der Waals surface area contributed by atoms with E-state index in [1.165, 1.54) is 10.1 Å². The summed E-state index contributed by atoms with van der Waals surface area (Å²) in [7, 11) is 1.83. The van der Waals surface area contributed by atoms with Crippen molar-refractivity contribution in [1.82, 2.24) is 5.32 Å². The second kappa shape index (κ2) is 4.76. The van der Waals surface area contributed by atoms with Crippen molar-refractivity contribution in [2.45, 2.75) is 19.4 Å². The molecule has 1 aromatic carbocycles. The van der Waals surface area contributed by atoms with E-state index in [0.717, 1.165) is 12.0 Å². The third-order valence-electron chi connectivity index (χ3n) is 2.81. The van der Waals surface area contributed by atoms with Crippen molar-refractivity contribution in [2.75, 3.05) is 7.05 Å². The number of nitrogens with one attached hydrogen (secondary N) is 1. The molecule has 0 aliphatic rings. The zero-order valence-corrected chi connectivity index (χ0v) is 10.3. The lowest BCUT2D eigenvalue weighted by molar-refractivity contribution is 0.0945. The Morgan fingerprint density at radius 1 is 1.44 bits per heavy atom. The highest BCUT2D eigenvalue weighted by Gasteiger charge is 2.16. The Hall–Kier alpha value is -1.19. The average Bonchev–Trinajstić information content (AvgIpc) is 2.77. The van der Waals surface area contributed by atoms with Gasteiger partial charge in [-0.25, -0.2) is 0 Å². The quantitative estimate of drug-likeness (QED) is 0.822. The maximum atomic E-state index is 12.1. The molecule has 0 fully saturated rings. The summed E-state index contributed by atoms with van der Waals surface area (Å²) in [6, 6.07) is 7.92. The van der Waals surface area contributed by atoms with Crippen molar-refractivity contribution >= 4 is 27.2 Å². The Kier molecular flexibility index (Phi) is 3.36. The lowest BCUT2D eigenvalue weighted by Gasteiger charge is -2.12. The molecule has 2 aromatic rings. The number of hydrogen-bond acceptors (Lipinski definition) is 3. The molecule has 0 aliphatic carbocycles. The first-order valence-electron chi connectivity index (χ1n) is 5.45. The number of likely N-dealkylation sites (N-methyl/N-ethyl adjacent to an activating group) is 1. The molecule has 84 valence electrons. The van der Waals surface area contributed by atoms with Gasteiger partial charge in [-0.3, -0.25) is 4.79 Å². The molecule has 2 rings (SSSR count). The van der Waals surface area contributed by atoms with Crippen molar-refractivity contribution < 1.29 is 4.79 Å². The minimum absolute atomic E-state index is 0.0718. The van der Waals surface area contributed by atoms with Gasteiger partial charge in [0.15, 0.2) is 5.78 Å². The summed E-state index contributed by atoms with van der Waals surface area (Å²) in [6.45, 7) is 2.02. The highest BCUT2D eigenvalue weighted by Crippen LogP contribution is 2.22. The summed E-state index contributed by atoms with van der Waals surface area (Å²) < 4.78 is 1.18. The minimum Gasteiger partial charge on any atom is -0.310 e. The van der Waals surface area contributed by atoms with Crippen molar-refractivity contribution in [3.05, 3.63) is 35.2 Å². The van der Waals surface area contributed by atoms with E-state index >= 15 is 0 Å². The molecule has 0 spiro atoms. The number of thiophene rings is 1. The van der Waals surface area contributed by atoms with E-state index < -0.39 is 0 Å². The van der Waals surface area contributed by atoms with Gasteiger partial charge in [0, 0.05) is 10.3 Å². The van der Waals surface area contributed by atoms with Gasteiger partial charge in [0.1, 0.15) is 0 Å². The molecule has 0 radical (unpaired) electrons. The summed E-state index contributed by atoms with van der Waals surface area (Å²) in [6.07, 6.45) is 0.817. The monoisotopic (exact) mass is 233 g/mol. The standard InChI is InChI=1S/C13H15NOS/c1-3-11(14-2)13(15)10-5-4-9-6-7-16-12(9)8-10/h4-8,11,14H,3H2,1-2H3. The summed E-state index contributed by atoms with van der Waals surface area (Å²) >= 11 is 1.67.